The van der Waals surface area contributed by atoms with Crippen molar-refractivity contribution in [1.82, 2.24) is 10.2 Å². The van der Waals surface area contributed by atoms with Gasteiger partial charge in [-0.3, -0.25) is 19.4 Å². The van der Waals surface area contributed by atoms with Crippen LogP contribution < -0.4 is 15.4 Å². The smallest absolute Gasteiger partial charge is 0.259 e. The van der Waals surface area contributed by atoms with E-state index in [2.05, 4.69) is 22.5 Å². The molecule has 0 radical (unpaired) electrons. The summed E-state index contributed by atoms with van der Waals surface area (Å²) < 4.78 is 5.36. The Morgan fingerprint density at radius 3 is 2.50 bits per heavy atom. The number of ether oxygens (including phenoxy) is 1. The van der Waals surface area contributed by atoms with Crippen LogP contribution in [0.1, 0.15) is 43.4 Å². The van der Waals surface area contributed by atoms with Crippen molar-refractivity contribution < 1.29 is 19.1 Å². The molecule has 0 aliphatic carbocycles. The van der Waals surface area contributed by atoms with Crippen LogP contribution in [0.4, 0.5) is 11.4 Å². The second-order valence-corrected chi connectivity index (χ2v) is 11.1. The van der Waals surface area contributed by atoms with E-state index in [0.29, 0.717) is 40.1 Å². The van der Waals surface area contributed by atoms with Crippen molar-refractivity contribution in [3.63, 3.8) is 0 Å². The summed E-state index contributed by atoms with van der Waals surface area (Å²) in [5.41, 5.74) is 4.10. The number of nitrogens with zero attached hydrogens (tertiary/aromatic N) is 3. The normalized spacial score (nSPS) is 16.1. The Hall–Kier alpha value is -4.44. The second-order valence-electron chi connectivity index (χ2n) is 9.90. The summed E-state index contributed by atoms with van der Waals surface area (Å²) in [5, 5.41) is 5.73. The van der Waals surface area contributed by atoms with E-state index < -0.39 is 11.3 Å². The zero-order valence-corrected chi connectivity index (χ0v) is 24.6. The van der Waals surface area contributed by atoms with Crippen LogP contribution in [0.5, 0.6) is 5.75 Å². The molecule has 2 N–H and O–H groups in total. The number of nitrogens with one attached hydrogen (secondary N) is 2. The fourth-order valence-electron chi connectivity index (χ4n) is 4.80. The second kappa shape index (κ2) is 13.0. The molecule has 2 aliphatic rings. The highest BCUT2D eigenvalue weighted by Crippen LogP contribution is 2.36. The number of para-hydroxylation sites is 2. The number of aryl methyl sites for hydroxylation is 1. The van der Waals surface area contributed by atoms with E-state index in [0.717, 1.165) is 12.0 Å². The minimum Gasteiger partial charge on any atom is -0.496 e. The summed E-state index contributed by atoms with van der Waals surface area (Å²) in [5.74, 6) is 0.298. The van der Waals surface area contributed by atoms with E-state index in [-0.39, 0.29) is 30.7 Å². The molecule has 5 rings (SSSR count). The molecular weight excluding hydrogens is 550 g/mol. The van der Waals surface area contributed by atoms with Gasteiger partial charge >= 0.3 is 0 Å². The van der Waals surface area contributed by atoms with Crippen LogP contribution in [0, 0.1) is 0 Å². The molecule has 42 heavy (non-hydrogen) atoms. The summed E-state index contributed by atoms with van der Waals surface area (Å²) in [7, 11) is 1.58. The number of hydrogen-bond acceptors (Lipinski definition) is 7. The number of hydrogen-bond donors (Lipinski definition) is 2. The molecule has 0 aromatic heterocycles. The highest BCUT2D eigenvalue weighted by atomic mass is 32.2. The van der Waals surface area contributed by atoms with E-state index in [1.807, 2.05) is 79.7 Å². The lowest BCUT2D eigenvalue weighted by Gasteiger charge is -2.27. The highest BCUT2D eigenvalue weighted by Gasteiger charge is 2.43. The number of fused-ring (bicyclic) bond motifs is 3. The van der Waals surface area contributed by atoms with Crippen molar-refractivity contribution in [1.29, 1.82) is 0 Å². The fraction of sp³-hybridized carbons (Fsp3) is 0.281. The molecule has 3 aromatic rings. The Morgan fingerprint density at radius 2 is 1.76 bits per heavy atom. The Bertz CT molecular complexity index is 1550. The zero-order chi connectivity index (χ0) is 29.6. The van der Waals surface area contributed by atoms with Gasteiger partial charge in [0, 0.05) is 23.4 Å². The van der Waals surface area contributed by atoms with Crippen LogP contribution in [0.25, 0.3) is 0 Å². The van der Waals surface area contributed by atoms with E-state index in [1.165, 1.54) is 22.2 Å². The Kier molecular flexibility index (Phi) is 9.02. The molecule has 2 heterocycles. The van der Waals surface area contributed by atoms with E-state index in [1.54, 1.807) is 7.11 Å². The van der Waals surface area contributed by atoms with Gasteiger partial charge in [-0.2, -0.15) is 0 Å². The summed E-state index contributed by atoms with van der Waals surface area (Å²) in [6.07, 6.45) is 1.33. The van der Waals surface area contributed by atoms with Gasteiger partial charge in [0.15, 0.2) is 5.17 Å². The number of amides is 3. The van der Waals surface area contributed by atoms with Gasteiger partial charge in [0.2, 0.25) is 11.8 Å². The lowest BCUT2D eigenvalue weighted by Crippen LogP contribution is -2.43. The van der Waals surface area contributed by atoms with Crippen LogP contribution in [0.2, 0.25) is 0 Å². The zero-order valence-electron chi connectivity index (χ0n) is 23.8. The first-order valence-electron chi connectivity index (χ1n) is 14.0. The van der Waals surface area contributed by atoms with Gasteiger partial charge in [-0.05, 0) is 48.7 Å². The van der Waals surface area contributed by atoms with Crippen LogP contribution in [-0.4, -0.2) is 52.0 Å². The van der Waals surface area contributed by atoms with Gasteiger partial charge < -0.3 is 15.4 Å². The first kappa shape index (κ1) is 29.1. The number of thioether (sulfide) groups is 1. The Morgan fingerprint density at radius 1 is 1.02 bits per heavy atom. The van der Waals surface area contributed by atoms with E-state index in [4.69, 9.17) is 9.73 Å². The minimum absolute atomic E-state index is 0.112. The Labute approximate surface area is 249 Å². The van der Waals surface area contributed by atoms with Crippen molar-refractivity contribution in [2.45, 2.75) is 50.9 Å². The molecule has 3 aromatic carbocycles. The van der Waals surface area contributed by atoms with Crippen molar-refractivity contribution in [2.24, 2.45) is 9.98 Å². The van der Waals surface area contributed by atoms with Crippen molar-refractivity contribution in [2.75, 3.05) is 12.4 Å². The first-order valence-corrected chi connectivity index (χ1v) is 14.8. The van der Waals surface area contributed by atoms with Gasteiger partial charge in [0.1, 0.15) is 17.6 Å². The van der Waals surface area contributed by atoms with Gasteiger partial charge in [-0.1, -0.05) is 68.1 Å². The van der Waals surface area contributed by atoms with E-state index in [9.17, 15) is 14.4 Å². The van der Waals surface area contributed by atoms with E-state index >= 15 is 0 Å². The maximum atomic E-state index is 13.7. The molecule has 0 spiro atoms. The number of benzene rings is 3. The molecule has 3 amide bonds. The maximum Gasteiger partial charge on any atom is 0.259 e. The van der Waals surface area contributed by atoms with Gasteiger partial charge in [-0.25, -0.2) is 9.89 Å². The summed E-state index contributed by atoms with van der Waals surface area (Å²) in [6.45, 7) is 4.27. The van der Waals surface area contributed by atoms with Crippen molar-refractivity contribution in [3.8, 4) is 5.75 Å². The lowest BCUT2D eigenvalue weighted by molar-refractivity contribution is -0.128. The summed E-state index contributed by atoms with van der Waals surface area (Å²) >= 11 is 1.22. The standard InChI is InChI=1S/C32H33N5O4S/c1-4-20-14-16-22(17-15-20)34-30(39)27(5-2)42-32-36-24-12-8-7-11-23(24)29-35-25(31(40)37(29)32)18-28(38)33-19-21-10-6-9-13-26(21)41-3/h6-17,25,27H,4-5,18-19H2,1-3H3,(H,33,38)(H,34,39)/t25-,27-/m0/s1. The lowest BCUT2D eigenvalue weighted by atomic mass is 10.1. The number of carbonyl (C=O) groups is 3. The quantitative estimate of drug-likeness (QED) is 0.346. The van der Waals surface area contributed by atoms with Crippen molar-refractivity contribution >= 4 is 51.9 Å². The monoisotopic (exact) mass is 583 g/mol. The van der Waals surface area contributed by atoms with Crippen molar-refractivity contribution in [3.05, 3.63) is 89.5 Å². The predicted molar refractivity (Wildman–Crippen MR) is 166 cm³/mol. The third-order valence-corrected chi connectivity index (χ3v) is 8.45. The molecule has 0 unspecified atom stereocenters. The predicted octanol–water partition coefficient (Wildman–Crippen LogP) is 5.07. The van der Waals surface area contributed by atoms with Crippen LogP contribution in [-0.2, 0) is 27.3 Å². The maximum absolute atomic E-state index is 13.7. The third-order valence-electron chi connectivity index (χ3n) is 7.14. The average molecular weight is 584 g/mol. The topological polar surface area (TPSA) is 112 Å². The number of carbonyl (C=O) groups excluding carboxylic acids is 3. The molecule has 0 bridgehead atoms. The van der Waals surface area contributed by atoms with Gasteiger partial charge in [-0.15, -0.1) is 0 Å². The molecule has 2 aliphatic heterocycles. The molecule has 10 heteroatoms. The molecule has 0 saturated carbocycles. The molecule has 9 nitrogen and oxygen atoms in total. The first-order chi connectivity index (χ1) is 20.4. The third kappa shape index (κ3) is 6.23. The van der Waals surface area contributed by atoms with Gasteiger partial charge in [0.25, 0.3) is 5.91 Å². The van der Waals surface area contributed by atoms with Crippen LogP contribution in [0.3, 0.4) is 0 Å². The molecule has 0 saturated heterocycles. The largest absolute Gasteiger partial charge is 0.496 e. The van der Waals surface area contributed by atoms with Crippen LogP contribution >= 0.6 is 11.8 Å². The SMILES string of the molecule is CCc1ccc(NC(=O)[C@H](CC)SC2=Nc3ccccc3C3=N[C@@H](CC(=O)NCc4ccccc4OC)C(=O)N23)cc1. The Balaban J connectivity index is 1.32. The fourth-order valence-corrected chi connectivity index (χ4v) is 5.82. The summed E-state index contributed by atoms with van der Waals surface area (Å²) in [6, 6.07) is 21.7. The molecule has 216 valence electrons. The van der Waals surface area contributed by atoms with Gasteiger partial charge in [0.05, 0.1) is 24.5 Å². The number of amidine groups is 2. The molecule has 0 fully saturated rings. The number of rotatable bonds is 10. The number of aliphatic imine (C=N–C) groups is 2. The summed E-state index contributed by atoms with van der Waals surface area (Å²) in [4.78, 5) is 50.7. The average Bonchev–Trinajstić information content (AvgIpc) is 3.34. The number of anilines is 1. The molecular formula is C32H33N5O4S. The van der Waals surface area contributed by atoms with Crippen LogP contribution in [0.15, 0.2) is 82.8 Å². The highest BCUT2D eigenvalue weighted by molar-refractivity contribution is 8.15. The number of methoxy groups -OCH3 is 1. The molecule has 2 atom stereocenters. The minimum atomic E-state index is -0.902.